The summed E-state index contributed by atoms with van der Waals surface area (Å²) in [7, 11) is 1.23. The average molecular weight is 661 g/mol. The normalized spacial score (nSPS) is 32.8. The number of aromatic nitrogens is 1. The third-order valence-corrected chi connectivity index (χ3v) is 11.9. The molecule has 11 heteroatoms. The van der Waals surface area contributed by atoms with Gasteiger partial charge in [-0.1, -0.05) is 43.7 Å². The fourth-order valence-corrected chi connectivity index (χ4v) is 9.46. The van der Waals surface area contributed by atoms with Crippen molar-refractivity contribution in [2.24, 2.45) is 28.6 Å². The first-order valence-electron chi connectivity index (χ1n) is 16.8. The van der Waals surface area contributed by atoms with E-state index in [9.17, 15) is 34.2 Å². The molecule has 3 fully saturated rings. The Kier molecular flexibility index (Phi) is 8.97. The van der Waals surface area contributed by atoms with Crippen molar-refractivity contribution in [3.05, 3.63) is 59.8 Å². The molecule has 48 heavy (non-hydrogen) atoms. The molecule has 3 saturated carbocycles. The van der Waals surface area contributed by atoms with Gasteiger partial charge in [-0.05, 0) is 67.7 Å². The molecule has 1 aromatic heterocycles. The van der Waals surface area contributed by atoms with Crippen LogP contribution >= 0.6 is 0 Å². The molecule has 11 nitrogen and oxygen atoms in total. The molecule has 8 atom stereocenters. The maximum atomic E-state index is 13.6. The highest BCUT2D eigenvalue weighted by Crippen LogP contribution is 2.67. The number of Topliss-reactive ketones (excluding diaryl/α,β-unsaturated/α-hetero) is 1. The summed E-state index contributed by atoms with van der Waals surface area (Å²) in [6, 6.07) is 6.61. The van der Waals surface area contributed by atoms with Gasteiger partial charge in [-0.2, -0.15) is 0 Å². The minimum Gasteiger partial charge on any atom is -0.467 e. The number of aliphatic hydroxyl groups is 2. The number of H-pyrrole nitrogens is 1. The summed E-state index contributed by atoms with van der Waals surface area (Å²) in [4.78, 5) is 66.6. The number of carbonyl (C=O) groups excluding carboxylic acids is 5. The van der Waals surface area contributed by atoms with Crippen molar-refractivity contribution in [3.63, 3.8) is 0 Å². The third kappa shape index (κ3) is 5.70. The molecule has 0 bridgehead atoms. The fourth-order valence-electron chi connectivity index (χ4n) is 9.46. The molecule has 256 valence electrons. The maximum Gasteiger partial charge on any atom is 0.328 e. The Morgan fingerprint density at radius 3 is 2.67 bits per heavy atom. The van der Waals surface area contributed by atoms with Gasteiger partial charge in [-0.3, -0.25) is 19.2 Å². The number of ether oxygens (including phenoxy) is 2. The van der Waals surface area contributed by atoms with Gasteiger partial charge in [0.05, 0.1) is 19.6 Å². The fraction of sp³-hybridized carbons (Fsp3) is 0.541. The Bertz CT molecular complexity index is 1710. The first-order valence-corrected chi connectivity index (χ1v) is 16.8. The van der Waals surface area contributed by atoms with E-state index in [0.29, 0.717) is 12.8 Å². The molecule has 0 aliphatic heterocycles. The first-order chi connectivity index (χ1) is 22.8. The highest BCUT2D eigenvalue weighted by atomic mass is 16.5. The Morgan fingerprint density at radius 2 is 1.90 bits per heavy atom. The highest BCUT2D eigenvalue weighted by molar-refractivity contribution is 6.01. The molecule has 1 amide bonds. The van der Waals surface area contributed by atoms with E-state index in [-0.39, 0.29) is 55.6 Å². The van der Waals surface area contributed by atoms with Gasteiger partial charge in [-0.25, -0.2) is 4.79 Å². The summed E-state index contributed by atoms with van der Waals surface area (Å²) in [6.45, 7) is 3.27. The number of para-hydroxylation sites is 1. The highest BCUT2D eigenvalue weighted by Gasteiger charge is 2.68. The zero-order chi connectivity index (χ0) is 34.4. The predicted molar refractivity (Wildman–Crippen MR) is 174 cm³/mol. The zero-order valence-corrected chi connectivity index (χ0v) is 27.6. The Morgan fingerprint density at radius 1 is 1.12 bits per heavy atom. The topological polar surface area (TPSA) is 172 Å². The molecule has 0 spiro atoms. The van der Waals surface area contributed by atoms with E-state index >= 15 is 0 Å². The van der Waals surface area contributed by atoms with E-state index in [1.807, 2.05) is 37.3 Å². The monoisotopic (exact) mass is 660 g/mol. The Balaban J connectivity index is 1.04. The minimum absolute atomic E-state index is 0.0318. The van der Waals surface area contributed by atoms with Gasteiger partial charge in [0.2, 0.25) is 11.7 Å². The molecule has 8 unspecified atom stereocenters. The number of carbonyl (C=O) groups is 5. The lowest BCUT2D eigenvalue weighted by Gasteiger charge is -2.59. The van der Waals surface area contributed by atoms with Crippen LogP contribution in [-0.2, 0) is 39.9 Å². The van der Waals surface area contributed by atoms with Crippen LogP contribution in [0.5, 0.6) is 0 Å². The number of fused-ring (bicyclic) bond motifs is 6. The summed E-state index contributed by atoms with van der Waals surface area (Å²) < 4.78 is 10.1. The smallest absolute Gasteiger partial charge is 0.328 e. The Hall–Kier alpha value is -4.09. The number of esters is 2. The summed E-state index contributed by atoms with van der Waals surface area (Å²) in [5.74, 6) is -2.74. The minimum atomic E-state index is -1.78. The van der Waals surface area contributed by atoms with Crippen LogP contribution in [0.2, 0.25) is 0 Å². The molecular weight excluding hydrogens is 616 g/mol. The van der Waals surface area contributed by atoms with Gasteiger partial charge < -0.3 is 30.0 Å². The van der Waals surface area contributed by atoms with Crippen molar-refractivity contribution in [3.8, 4) is 0 Å². The van der Waals surface area contributed by atoms with E-state index in [4.69, 9.17) is 9.47 Å². The molecule has 1 aromatic carbocycles. The molecular formula is C37H44N2O9. The van der Waals surface area contributed by atoms with Gasteiger partial charge in [0, 0.05) is 46.7 Å². The van der Waals surface area contributed by atoms with Gasteiger partial charge >= 0.3 is 11.9 Å². The molecule has 4 N–H and O–H groups in total. The molecule has 1 heterocycles. The van der Waals surface area contributed by atoms with Crippen LogP contribution in [0.1, 0.15) is 64.4 Å². The van der Waals surface area contributed by atoms with E-state index in [1.54, 1.807) is 18.3 Å². The lowest BCUT2D eigenvalue weighted by atomic mass is 9.46. The van der Waals surface area contributed by atoms with Crippen LogP contribution in [-0.4, -0.2) is 76.1 Å². The second-order valence-electron chi connectivity index (χ2n) is 14.4. The van der Waals surface area contributed by atoms with Crippen molar-refractivity contribution in [2.75, 3.05) is 13.7 Å². The SMILES string of the molecule is COC(=O)C(Cc1c[nH]c2ccccc12)NC(=O)CCC(=O)OCC(=O)C1(O)CCC2C3CCC4=CC(=O)C=CC4(C)C3C(O)CC21C. The third-order valence-electron chi connectivity index (χ3n) is 11.9. The van der Waals surface area contributed by atoms with Crippen LogP contribution in [0, 0.1) is 28.6 Å². The number of nitrogens with one attached hydrogen (secondary N) is 2. The largest absolute Gasteiger partial charge is 0.467 e. The molecule has 0 radical (unpaired) electrons. The van der Waals surface area contributed by atoms with Gasteiger partial charge in [-0.15, -0.1) is 0 Å². The van der Waals surface area contributed by atoms with Crippen LogP contribution in [0.4, 0.5) is 0 Å². The van der Waals surface area contributed by atoms with E-state index in [2.05, 4.69) is 17.2 Å². The average Bonchev–Trinajstić information content (AvgIpc) is 3.59. The van der Waals surface area contributed by atoms with Crippen LogP contribution < -0.4 is 5.32 Å². The summed E-state index contributed by atoms with van der Waals surface area (Å²) in [6.07, 6.45) is 8.20. The van der Waals surface area contributed by atoms with Gasteiger partial charge in [0.15, 0.2) is 12.4 Å². The lowest BCUT2D eigenvalue weighted by Crippen LogP contribution is -2.61. The number of hydrogen-bond donors (Lipinski definition) is 4. The molecule has 4 aliphatic rings. The number of rotatable bonds is 10. The summed E-state index contributed by atoms with van der Waals surface area (Å²) in [5.41, 5.74) is -0.424. The molecule has 6 rings (SSSR count). The van der Waals surface area contributed by atoms with E-state index in [0.717, 1.165) is 28.5 Å². The van der Waals surface area contributed by atoms with Crippen molar-refractivity contribution < 1.29 is 43.7 Å². The summed E-state index contributed by atoms with van der Waals surface area (Å²) in [5, 5.41) is 27.0. The number of hydrogen-bond acceptors (Lipinski definition) is 9. The van der Waals surface area contributed by atoms with Gasteiger partial charge in [0.1, 0.15) is 11.6 Å². The van der Waals surface area contributed by atoms with Crippen molar-refractivity contribution in [1.29, 1.82) is 0 Å². The molecule has 4 aliphatic carbocycles. The first kappa shape index (κ1) is 33.8. The standard InChI is InChI=1S/C37H44N2O9/c1-35-14-12-23(40)17-22(35)8-9-25-26-13-15-37(46,36(26,2)18-29(41)33(25)35)30(42)20-48-32(44)11-10-31(43)39-28(34(45)47-3)16-21-19-38-27-7-5-4-6-24(21)27/h4-7,12,14,17,19,25-26,28-29,33,38,41,46H,8-11,13,15-16,18,20H2,1-3H3,(H,39,43). The second kappa shape index (κ2) is 12.7. The van der Waals surface area contributed by atoms with Crippen LogP contribution in [0.3, 0.4) is 0 Å². The quantitative estimate of drug-likeness (QED) is 0.279. The van der Waals surface area contributed by atoms with Crippen molar-refractivity contribution in [2.45, 2.75) is 83.0 Å². The van der Waals surface area contributed by atoms with Crippen LogP contribution in [0.15, 0.2) is 54.3 Å². The number of methoxy groups -OCH3 is 1. The van der Waals surface area contributed by atoms with Gasteiger partial charge in [0.25, 0.3) is 0 Å². The number of ketones is 2. The van der Waals surface area contributed by atoms with E-state index in [1.165, 1.54) is 7.11 Å². The lowest BCUT2D eigenvalue weighted by molar-refractivity contribution is -0.181. The van der Waals surface area contributed by atoms with Crippen molar-refractivity contribution >= 4 is 40.3 Å². The number of aliphatic hydroxyl groups excluding tert-OH is 1. The van der Waals surface area contributed by atoms with Crippen molar-refractivity contribution in [1.82, 2.24) is 10.3 Å². The zero-order valence-electron chi connectivity index (χ0n) is 27.6. The molecule has 2 aromatic rings. The number of allylic oxidation sites excluding steroid dienone is 4. The number of benzene rings is 1. The second-order valence-corrected chi connectivity index (χ2v) is 14.4. The predicted octanol–water partition coefficient (Wildman–Crippen LogP) is 3.27. The number of amides is 1. The summed E-state index contributed by atoms with van der Waals surface area (Å²) >= 11 is 0. The number of aromatic amines is 1. The molecule has 0 saturated heterocycles. The Labute approximate surface area is 279 Å². The van der Waals surface area contributed by atoms with Crippen LogP contribution in [0.25, 0.3) is 10.9 Å². The van der Waals surface area contributed by atoms with E-state index < -0.39 is 58.8 Å². The maximum absolute atomic E-state index is 13.6.